The second-order valence-electron chi connectivity index (χ2n) is 5.16. The molecular weight excluding hydrogens is 330 g/mol. The van der Waals surface area contributed by atoms with E-state index >= 15 is 0 Å². The lowest BCUT2D eigenvalue weighted by Crippen LogP contribution is -2.37. The fourth-order valence-corrected chi connectivity index (χ4v) is 4.15. The molecule has 0 bridgehead atoms. The van der Waals surface area contributed by atoms with Crippen molar-refractivity contribution in [1.82, 2.24) is 23.8 Å². The molecule has 2 aromatic rings. The lowest BCUT2D eigenvalue weighted by molar-refractivity contribution is 0.0932. The van der Waals surface area contributed by atoms with Crippen LogP contribution in [0.25, 0.3) is 0 Å². The molecule has 22 heavy (non-hydrogen) atoms. The quantitative estimate of drug-likeness (QED) is 0.877. The Hall–Kier alpha value is -1.42. The summed E-state index contributed by atoms with van der Waals surface area (Å²) in [7, 11) is -0.354. The minimum absolute atomic E-state index is 0.0694. The predicted octanol–water partition coefficient (Wildman–Crippen LogP) is 0.616. The number of nitrogens with one attached hydrogen (secondary N) is 1. The summed E-state index contributed by atoms with van der Waals surface area (Å²) >= 11 is 5.97. The Labute approximate surface area is 133 Å². The first kappa shape index (κ1) is 15.5. The van der Waals surface area contributed by atoms with Crippen LogP contribution in [-0.2, 0) is 28.9 Å². The van der Waals surface area contributed by atoms with Crippen molar-refractivity contribution in [2.24, 2.45) is 14.1 Å². The molecule has 8 nitrogen and oxygen atoms in total. The molecule has 0 saturated carbocycles. The van der Waals surface area contributed by atoms with Crippen molar-refractivity contribution in [3.63, 3.8) is 0 Å². The van der Waals surface area contributed by atoms with Crippen LogP contribution >= 0.6 is 11.6 Å². The molecule has 0 aromatic carbocycles. The summed E-state index contributed by atoms with van der Waals surface area (Å²) < 4.78 is 36.5. The molecule has 0 unspecified atom stereocenters. The maximum Gasteiger partial charge on any atom is 0.261 e. The highest BCUT2D eigenvalue weighted by atomic mass is 35.5. The number of hydrogen-bond donors (Lipinski definition) is 1. The van der Waals surface area contributed by atoms with E-state index in [4.69, 9.17) is 16.3 Å². The topological polar surface area (TPSA) is 91.0 Å². The van der Waals surface area contributed by atoms with Crippen LogP contribution in [0, 0.1) is 0 Å². The van der Waals surface area contributed by atoms with E-state index in [-0.39, 0.29) is 10.2 Å². The lowest BCUT2D eigenvalue weighted by atomic mass is 10.1. The fraction of sp³-hybridized carbons (Fsp3) is 0.500. The van der Waals surface area contributed by atoms with E-state index in [0.717, 1.165) is 0 Å². The maximum absolute atomic E-state index is 12.5. The largest absolute Gasteiger partial charge is 0.369 e. The molecule has 1 fully saturated rings. The van der Waals surface area contributed by atoms with Gasteiger partial charge in [0.2, 0.25) is 5.03 Å². The first-order chi connectivity index (χ1) is 10.4. The zero-order valence-electron chi connectivity index (χ0n) is 12.1. The van der Waals surface area contributed by atoms with Crippen LogP contribution in [0.4, 0.5) is 0 Å². The van der Waals surface area contributed by atoms with E-state index in [2.05, 4.69) is 14.7 Å². The Kier molecular flexibility index (Phi) is 3.98. The summed E-state index contributed by atoms with van der Waals surface area (Å²) in [6.07, 6.45) is 4.92. The Bertz CT molecular complexity index is 785. The third-order valence-electron chi connectivity index (χ3n) is 3.60. The summed E-state index contributed by atoms with van der Waals surface area (Å²) in [4.78, 5) is 8.08. The molecule has 0 aliphatic carbocycles. The van der Waals surface area contributed by atoms with Crippen molar-refractivity contribution >= 4 is 21.6 Å². The third kappa shape index (κ3) is 2.65. The van der Waals surface area contributed by atoms with E-state index in [1.807, 2.05) is 11.6 Å². The number of hydrogen-bond acceptors (Lipinski definition) is 5. The summed E-state index contributed by atoms with van der Waals surface area (Å²) in [6, 6.07) is -0.413. The van der Waals surface area contributed by atoms with Gasteiger partial charge in [0.25, 0.3) is 10.0 Å². The number of halogens is 1. The van der Waals surface area contributed by atoms with Gasteiger partial charge in [0.1, 0.15) is 17.1 Å². The maximum atomic E-state index is 12.5. The van der Waals surface area contributed by atoms with Gasteiger partial charge in [-0.05, 0) is 6.42 Å². The molecule has 10 heteroatoms. The minimum atomic E-state index is -3.82. The molecule has 1 aliphatic heterocycles. The number of nitrogens with zero attached hydrogens (tertiary/aromatic N) is 4. The smallest absolute Gasteiger partial charge is 0.261 e. The van der Waals surface area contributed by atoms with E-state index in [9.17, 15) is 8.42 Å². The Balaban J connectivity index is 1.86. The number of rotatable bonds is 4. The summed E-state index contributed by atoms with van der Waals surface area (Å²) in [6.45, 7) is 0.459. The average Bonchev–Trinajstić information content (AvgIpc) is 3.13. The highest BCUT2D eigenvalue weighted by molar-refractivity contribution is 7.89. The Morgan fingerprint density at radius 1 is 1.36 bits per heavy atom. The SMILES string of the molecule is Cn1ccnc1[C@H]1OCC[C@@H]1NS(=O)(=O)c1ncn(C)c1Cl. The number of sulfonamides is 1. The van der Waals surface area contributed by atoms with E-state index in [1.165, 1.54) is 10.9 Å². The monoisotopic (exact) mass is 345 g/mol. The molecule has 1 N–H and O–H groups in total. The molecule has 120 valence electrons. The molecule has 2 aromatic heterocycles. The van der Waals surface area contributed by atoms with Crippen LogP contribution in [0.3, 0.4) is 0 Å². The summed E-state index contributed by atoms with van der Waals surface area (Å²) in [5, 5.41) is -0.109. The van der Waals surface area contributed by atoms with Crippen LogP contribution in [0.1, 0.15) is 18.3 Å². The lowest BCUT2D eigenvalue weighted by Gasteiger charge is -2.19. The van der Waals surface area contributed by atoms with Gasteiger partial charge in [0, 0.05) is 33.1 Å². The molecule has 0 spiro atoms. The second kappa shape index (κ2) is 5.65. The molecule has 2 atom stereocenters. The van der Waals surface area contributed by atoms with Gasteiger partial charge < -0.3 is 13.9 Å². The highest BCUT2D eigenvalue weighted by Gasteiger charge is 2.36. The zero-order chi connectivity index (χ0) is 15.9. The molecule has 1 saturated heterocycles. The van der Waals surface area contributed by atoms with Crippen LogP contribution in [0.5, 0.6) is 0 Å². The average molecular weight is 346 g/mol. The molecule has 3 heterocycles. The van der Waals surface area contributed by atoms with Crippen molar-refractivity contribution in [2.75, 3.05) is 6.61 Å². The van der Waals surface area contributed by atoms with Gasteiger partial charge in [-0.3, -0.25) is 0 Å². The van der Waals surface area contributed by atoms with E-state index in [0.29, 0.717) is 18.9 Å². The van der Waals surface area contributed by atoms with Crippen LogP contribution in [0.2, 0.25) is 5.15 Å². The van der Waals surface area contributed by atoms with Gasteiger partial charge in [-0.2, -0.15) is 0 Å². The van der Waals surface area contributed by atoms with Crippen molar-refractivity contribution in [1.29, 1.82) is 0 Å². The number of aryl methyl sites for hydroxylation is 2. The second-order valence-corrected chi connectivity index (χ2v) is 7.14. The minimum Gasteiger partial charge on any atom is -0.369 e. The number of imidazole rings is 2. The summed E-state index contributed by atoms with van der Waals surface area (Å²) in [5.41, 5.74) is 0. The van der Waals surface area contributed by atoms with Crippen molar-refractivity contribution in [3.05, 3.63) is 29.7 Å². The van der Waals surface area contributed by atoms with Crippen molar-refractivity contribution in [3.8, 4) is 0 Å². The van der Waals surface area contributed by atoms with Gasteiger partial charge >= 0.3 is 0 Å². The normalized spacial score (nSPS) is 22.3. The van der Waals surface area contributed by atoms with Gasteiger partial charge in [0.15, 0.2) is 0 Å². The van der Waals surface area contributed by atoms with Crippen molar-refractivity contribution < 1.29 is 13.2 Å². The first-order valence-corrected chi connectivity index (χ1v) is 8.54. The van der Waals surface area contributed by atoms with Gasteiger partial charge in [0.05, 0.1) is 12.4 Å². The fourth-order valence-electron chi connectivity index (χ4n) is 2.45. The zero-order valence-corrected chi connectivity index (χ0v) is 13.7. The first-order valence-electron chi connectivity index (χ1n) is 6.68. The predicted molar refractivity (Wildman–Crippen MR) is 78.8 cm³/mol. The van der Waals surface area contributed by atoms with E-state index in [1.54, 1.807) is 19.4 Å². The number of aromatic nitrogens is 4. The molecule has 3 rings (SSSR count). The Morgan fingerprint density at radius 2 is 2.14 bits per heavy atom. The van der Waals surface area contributed by atoms with Gasteiger partial charge in [-0.25, -0.2) is 23.1 Å². The van der Waals surface area contributed by atoms with E-state index < -0.39 is 22.2 Å². The molecule has 0 amide bonds. The van der Waals surface area contributed by atoms with Crippen molar-refractivity contribution in [2.45, 2.75) is 23.6 Å². The Morgan fingerprint density at radius 3 is 2.73 bits per heavy atom. The summed E-state index contributed by atoms with van der Waals surface area (Å²) in [5.74, 6) is 0.678. The van der Waals surface area contributed by atoms with Gasteiger partial charge in [-0.15, -0.1) is 0 Å². The standard InChI is InChI=1S/C12H16ClN5O3S/c1-17-5-4-14-11(17)9-8(3-6-21-9)16-22(19,20)12-10(13)18(2)7-15-12/h4-5,7-9,16H,3,6H2,1-2H3/t8-,9-/m0/s1. The van der Waals surface area contributed by atoms with Crippen LogP contribution in [0.15, 0.2) is 23.7 Å². The number of ether oxygens (including phenoxy) is 1. The molecule has 1 aliphatic rings. The molecular formula is C12H16ClN5O3S. The third-order valence-corrected chi connectivity index (χ3v) is 5.58. The van der Waals surface area contributed by atoms with Gasteiger partial charge in [-0.1, -0.05) is 11.6 Å². The van der Waals surface area contributed by atoms with Crippen LogP contribution in [-0.4, -0.2) is 40.2 Å². The highest BCUT2D eigenvalue weighted by Crippen LogP contribution is 2.29. The van der Waals surface area contributed by atoms with Crippen LogP contribution < -0.4 is 4.72 Å². The molecule has 0 radical (unpaired) electrons.